The van der Waals surface area contributed by atoms with Crippen molar-refractivity contribution in [3.8, 4) is 0 Å². The zero-order chi connectivity index (χ0) is 12.7. The summed E-state index contributed by atoms with van der Waals surface area (Å²) in [6, 6.07) is 5.27. The summed E-state index contributed by atoms with van der Waals surface area (Å²) in [4.78, 5) is 0. The maximum Gasteiger partial charge on any atom is 0.124 e. The first-order chi connectivity index (χ1) is 8.19. The zero-order valence-corrected chi connectivity index (χ0v) is 12.2. The second-order valence-corrected chi connectivity index (χ2v) is 5.13. The molecule has 0 saturated heterocycles. The highest BCUT2D eigenvalue weighted by Crippen LogP contribution is 2.27. The number of unbranched alkanes of at least 4 members (excludes halogenated alkanes) is 2. The highest BCUT2D eigenvalue weighted by molar-refractivity contribution is 9.10. The van der Waals surface area contributed by atoms with Crippen LogP contribution in [0, 0.1) is 5.82 Å². The largest absolute Gasteiger partial charge is 0.310 e. The van der Waals surface area contributed by atoms with Crippen molar-refractivity contribution in [3.05, 3.63) is 34.1 Å². The third kappa shape index (κ3) is 4.76. The van der Waals surface area contributed by atoms with Crippen molar-refractivity contribution in [2.45, 2.75) is 45.6 Å². The molecule has 0 aliphatic heterocycles. The monoisotopic (exact) mass is 301 g/mol. The maximum atomic E-state index is 13.1. The molecule has 1 aromatic carbocycles. The van der Waals surface area contributed by atoms with Crippen molar-refractivity contribution in [2.24, 2.45) is 0 Å². The van der Waals surface area contributed by atoms with E-state index in [-0.39, 0.29) is 5.82 Å². The van der Waals surface area contributed by atoms with Gasteiger partial charge in [-0.25, -0.2) is 4.39 Å². The summed E-state index contributed by atoms with van der Waals surface area (Å²) in [6.07, 6.45) is 4.79. The second kappa shape index (κ2) is 7.83. The quantitative estimate of drug-likeness (QED) is 0.712. The van der Waals surface area contributed by atoms with Crippen LogP contribution in [0.2, 0.25) is 0 Å². The van der Waals surface area contributed by atoms with Gasteiger partial charge in [0.05, 0.1) is 0 Å². The van der Waals surface area contributed by atoms with E-state index in [1.165, 1.54) is 25.3 Å². The minimum absolute atomic E-state index is 0.190. The van der Waals surface area contributed by atoms with E-state index in [9.17, 15) is 4.39 Å². The van der Waals surface area contributed by atoms with E-state index in [1.54, 1.807) is 6.07 Å². The Morgan fingerprint density at radius 1 is 1.29 bits per heavy atom. The molecule has 0 aliphatic carbocycles. The molecule has 3 heteroatoms. The molecule has 0 aliphatic rings. The first kappa shape index (κ1) is 14.7. The Balaban J connectivity index is 2.74. The molecule has 0 bridgehead atoms. The van der Waals surface area contributed by atoms with Gasteiger partial charge in [-0.05, 0) is 30.7 Å². The molecule has 0 fully saturated rings. The summed E-state index contributed by atoms with van der Waals surface area (Å²) in [5.41, 5.74) is 1.16. The van der Waals surface area contributed by atoms with Gasteiger partial charge in [0.1, 0.15) is 5.82 Å². The first-order valence-corrected chi connectivity index (χ1v) is 7.16. The Morgan fingerprint density at radius 3 is 2.65 bits per heavy atom. The molecule has 1 aromatic rings. The Kier molecular flexibility index (Phi) is 6.75. The summed E-state index contributed by atoms with van der Waals surface area (Å²) < 4.78 is 13.9. The van der Waals surface area contributed by atoms with E-state index < -0.39 is 0 Å². The Labute approximate surface area is 112 Å². The summed E-state index contributed by atoms with van der Waals surface area (Å²) in [7, 11) is 0. The van der Waals surface area contributed by atoms with Gasteiger partial charge in [-0.15, -0.1) is 0 Å². The summed E-state index contributed by atoms with van der Waals surface area (Å²) in [5.74, 6) is -0.190. The average molecular weight is 302 g/mol. The van der Waals surface area contributed by atoms with Crippen LogP contribution in [0.25, 0.3) is 0 Å². The third-order valence-electron chi connectivity index (χ3n) is 2.88. The van der Waals surface area contributed by atoms with E-state index in [2.05, 4.69) is 35.1 Å². The van der Waals surface area contributed by atoms with E-state index in [4.69, 9.17) is 0 Å². The van der Waals surface area contributed by atoms with Crippen LogP contribution in [0.4, 0.5) is 4.39 Å². The van der Waals surface area contributed by atoms with Crippen LogP contribution >= 0.6 is 15.9 Å². The van der Waals surface area contributed by atoms with Gasteiger partial charge in [0, 0.05) is 10.5 Å². The van der Waals surface area contributed by atoms with Gasteiger partial charge in [0.15, 0.2) is 0 Å². The maximum absolute atomic E-state index is 13.1. The molecular formula is C14H21BrFN. The molecule has 1 atom stereocenters. The second-order valence-electron chi connectivity index (χ2n) is 4.27. The SMILES string of the molecule is CCCCCC(NCC)c1ccc(F)cc1Br. The van der Waals surface area contributed by atoms with E-state index >= 15 is 0 Å². The fourth-order valence-electron chi connectivity index (χ4n) is 2.00. The molecule has 17 heavy (non-hydrogen) atoms. The Morgan fingerprint density at radius 2 is 2.06 bits per heavy atom. The average Bonchev–Trinajstić information content (AvgIpc) is 2.28. The van der Waals surface area contributed by atoms with Crippen LogP contribution in [0.3, 0.4) is 0 Å². The molecule has 1 nitrogen and oxygen atoms in total. The van der Waals surface area contributed by atoms with Gasteiger partial charge >= 0.3 is 0 Å². The summed E-state index contributed by atoms with van der Waals surface area (Å²) in [6.45, 7) is 5.24. The van der Waals surface area contributed by atoms with Gasteiger partial charge in [-0.1, -0.05) is 55.1 Å². The summed E-state index contributed by atoms with van der Waals surface area (Å²) >= 11 is 3.45. The molecule has 96 valence electrons. The fourth-order valence-corrected chi connectivity index (χ4v) is 2.62. The first-order valence-electron chi connectivity index (χ1n) is 6.37. The molecule has 0 spiro atoms. The lowest BCUT2D eigenvalue weighted by atomic mass is 10.0. The summed E-state index contributed by atoms with van der Waals surface area (Å²) in [5, 5.41) is 3.47. The van der Waals surface area contributed by atoms with E-state index in [1.807, 2.05) is 6.07 Å². The van der Waals surface area contributed by atoms with Crippen LogP contribution < -0.4 is 5.32 Å². The van der Waals surface area contributed by atoms with Crippen molar-refractivity contribution in [2.75, 3.05) is 6.54 Å². The van der Waals surface area contributed by atoms with Gasteiger partial charge in [0.2, 0.25) is 0 Å². The topological polar surface area (TPSA) is 12.0 Å². The van der Waals surface area contributed by atoms with E-state index in [0.29, 0.717) is 6.04 Å². The predicted molar refractivity (Wildman–Crippen MR) is 74.7 cm³/mol. The fraction of sp³-hybridized carbons (Fsp3) is 0.571. The third-order valence-corrected chi connectivity index (χ3v) is 3.57. The normalized spacial score (nSPS) is 12.7. The molecule has 0 aromatic heterocycles. The van der Waals surface area contributed by atoms with Crippen LogP contribution in [0.15, 0.2) is 22.7 Å². The number of benzene rings is 1. The number of nitrogens with one attached hydrogen (secondary N) is 1. The number of rotatable bonds is 7. The number of hydrogen-bond donors (Lipinski definition) is 1. The van der Waals surface area contributed by atoms with Gasteiger partial charge in [-0.3, -0.25) is 0 Å². The van der Waals surface area contributed by atoms with Crippen LogP contribution in [0.1, 0.15) is 51.1 Å². The Bertz CT molecular complexity index is 341. The molecular weight excluding hydrogens is 281 g/mol. The molecule has 1 unspecified atom stereocenters. The lowest BCUT2D eigenvalue weighted by Crippen LogP contribution is -2.21. The number of hydrogen-bond acceptors (Lipinski definition) is 1. The minimum atomic E-state index is -0.190. The molecule has 1 N–H and O–H groups in total. The van der Waals surface area contributed by atoms with Crippen LogP contribution in [-0.4, -0.2) is 6.54 Å². The zero-order valence-electron chi connectivity index (χ0n) is 10.6. The van der Waals surface area contributed by atoms with Crippen LogP contribution in [-0.2, 0) is 0 Å². The number of halogens is 2. The van der Waals surface area contributed by atoms with Crippen molar-refractivity contribution < 1.29 is 4.39 Å². The minimum Gasteiger partial charge on any atom is -0.310 e. The van der Waals surface area contributed by atoms with Crippen molar-refractivity contribution in [1.82, 2.24) is 5.32 Å². The molecule has 0 heterocycles. The van der Waals surface area contributed by atoms with Crippen molar-refractivity contribution in [1.29, 1.82) is 0 Å². The van der Waals surface area contributed by atoms with Crippen molar-refractivity contribution in [3.63, 3.8) is 0 Å². The predicted octanol–water partition coefficient (Wildman–Crippen LogP) is 4.82. The standard InChI is InChI=1S/C14H21BrFN/c1-3-5-6-7-14(17-4-2)12-9-8-11(16)10-13(12)15/h8-10,14,17H,3-7H2,1-2H3. The van der Waals surface area contributed by atoms with Crippen molar-refractivity contribution >= 4 is 15.9 Å². The smallest absolute Gasteiger partial charge is 0.124 e. The highest BCUT2D eigenvalue weighted by Gasteiger charge is 2.13. The Hall–Kier alpha value is -0.410. The highest BCUT2D eigenvalue weighted by atomic mass is 79.9. The van der Waals surface area contributed by atoms with Gasteiger partial charge in [0.25, 0.3) is 0 Å². The lowest BCUT2D eigenvalue weighted by molar-refractivity contribution is 0.484. The molecule has 0 amide bonds. The van der Waals surface area contributed by atoms with Gasteiger partial charge in [-0.2, -0.15) is 0 Å². The molecule has 0 radical (unpaired) electrons. The van der Waals surface area contributed by atoms with E-state index in [0.717, 1.165) is 23.0 Å². The lowest BCUT2D eigenvalue weighted by Gasteiger charge is -2.19. The molecule has 0 saturated carbocycles. The molecule has 1 rings (SSSR count). The van der Waals surface area contributed by atoms with Crippen LogP contribution in [0.5, 0.6) is 0 Å². The van der Waals surface area contributed by atoms with Gasteiger partial charge < -0.3 is 5.32 Å².